The summed E-state index contributed by atoms with van der Waals surface area (Å²) in [5.74, 6) is 0.822. The zero-order valence-corrected chi connectivity index (χ0v) is 13.7. The lowest BCUT2D eigenvalue weighted by molar-refractivity contribution is 0.0930. The molecule has 0 spiro atoms. The zero-order valence-electron chi connectivity index (χ0n) is 13.7. The van der Waals surface area contributed by atoms with E-state index in [1.165, 1.54) is 84.3 Å². The molecule has 0 aromatic heterocycles. The van der Waals surface area contributed by atoms with Gasteiger partial charge in [0, 0.05) is 19.1 Å². The lowest BCUT2D eigenvalue weighted by Gasteiger charge is -2.40. The minimum absolute atomic E-state index is 0.822. The van der Waals surface area contributed by atoms with Gasteiger partial charge in [-0.3, -0.25) is 0 Å². The lowest BCUT2D eigenvalue weighted by atomic mass is 10.00. The third kappa shape index (κ3) is 5.71. The maximum Gasteiger partial charge on any atom is 0.0120 e. The van der Waals surface area contributed by atoms with Crippen molar-refractivity contribution in [3.63, 3.8) is 0 Å². The first kappa shape index (κ1) is 16.3. The van der Waals surface area contributed by atoms with E-state index < -0.39 is 0 Å². The summed E-state index contributed by atoms with van der Waals surface area (Å²) < 4.78 is 0. The molecule has 0 atom stereocenters. The van der Waals surface area contributed by atoms with Crippen molar-refractivity contribution in [2.24, 2.45) is 5.92 Å². The molecule has 2 aliphatic heterocycles. The predicted molar refractivity (Wildman–Crippen MR) is 87.2 cm³/mol. The average Bonchev–Trinajstić information content (AvgIpc) is 2.48. The van der Waals surface area contributed by atoms with Crippen molar-refractivity contribution in [3.8, 4) is 0 Å². The standard InChI is InChI=1S/C17H35N3/c1-16(2)6-9-18-10-15-19-13-7-17(8-14-19)20-11-4-3-5-12-20/h16-18H,3-15H2,1-2H3. The summed E-state index contributed by atoms with van der Waals surface area (Å²) in [6, 6.07) is 0.889. The molecule has 3 nitrogen and oxygen atoms in total. The number of likely N-dealkylation sites (tertiary alicyclic amines) is 2. The first-order valence-electron chi connectivity index (χ1n) is 8.93. The van der Waals surface area contributed by atoms with Crippen LogP contribution in [-0.4, -0.2) is 61.7 Å². The monoisotopic (exact) mass is 281 g/mol. The molecular weight excluding hydrogens is 246 g/mol. The van der Waals surface area contributed by atoms with Crippen LogP contribution >= 0.6 is 0 Å². The van der Waals surface area contributed by atoms with Crippen LogP contribution in [0.3, 0.4) is 0 Å². The summed E-state index contributed by atoms with van der Waals surface area (Å²) in [4.78, 5) is 5.42. The summed E-state index contributed by atoms with van der Waals surface area (Å²) in [7, 11) is 0. The summed E-state index contributed by atoms with van der Waals surface area (Å²) in [5, 5.41) is 3.59. The van der Waals surface area contributed by atoms with Crippen molar-refractivity contribution >= 4 is 0 Å². The molecule has 2 rings (SSSR count). The Morgan fingerprint density at radius 3 is 2.30 bits per heavy atom. The van der Waals surface area contributed by atoms with Crippen molar-refractivity contribution in [1.82, 2.24) is 15.1 Å². The maximum atomic E-state index is 3.59. The van der Waals surface area contributed by atoms with Gasteiger partial charge in [-0.1, -0.05) is 20.3 Å². The van der Waals surface area contributed by atoms with E-state index in [1.807, 2.05) is 0 Å². The molecule has 1 N–H and O–H groups in total. The molecule has 2 heterocycles. The molecule has 0 saturated carbocycles. The molecule has 0 aromatic rings. The first-order valence-corrected chi connectivity index (χ1v) is 8.93. The Kier molecular flexibility index (Phi) is 7.32. The van der Waals surface area contributed by atoms with Gasteiger partial charge in [-0.15, -0.1) is 0 Å². The van der Waals surface area contributed by atoms with Gasteiger partial charge in [-0.2, -0.15) is 0 Å². The van der Waals surface area contributed by atoms with Crippen LogP contribution in [0.4, 0.5) is 0 Å². The summed E-state index contributed by atoms with van der Waals surface area (Å²) in [6.07, 6.45) is 8.41. The quantitative estimate of drug-likeness (QED) is 0.724. The third-order valence-corrected chi connectivity index (χ3v) is 4.97. The van der Waals surface area contributed by atoms with Crippen LogP contribution in [0.15, 0.2) is 0 Å². The number of nitrogens with zero attached hydrogens (tertiary/aromatic N) is 2. The number of hydrogen-bond donors (Lipinski definition) is 1. The van der Waals surface area contributed by atoms with E-state index in [9.17, 15) is 0 Å². The van der Waals surface area contributed by atoms with Crippen molar-refractivity contribution in [3.05, 3.63) is 0 Å². The Morgan fingerprint density at radius 1 is 0.950 bits per heavy atom. The molecule has 118 valence electrons. The second-order valence-corrected chi connectivity index (χ2v) is 7.10. The Hall–Kier alpha value is -0.120. The van der Waals surface area contributed by atoms with Crippen LogP contribution in [-0.2, 0) is 0 Å². The number of hydrogen-bond acceptors (Lipinski definition) is 3. The Bertz CT molecular complexity index is 241. The molecule has 20 heavy (non-hydrogen) atoms. The van der Waals surface area contributed by atoms with Gasteiger partial charge < -0.3 is 15.1 Å². The zero-order chi connectivity index (χ0) is 14.2. The van der Waals surface area contributed by atoms with Gasteiger partial charge in [0.1, 0.15) is 0 Å². The van der Waals surface area contributed by atoms with E-state index in [0.717, 1.165) is 12.0 Å². The van der Waals surface area contributed by atoms with Gasteiger partial charge >= 0.3 is 0 Å². The fourth-order valence-corrected chi connectivity index (χ4v) is 3.54. The fourth-order valence-electron chi connectivity index (χ4n) is 3.54. The second kappa shape index (κ2) is 9.01. The Labute approximate surface area is 126 Å². The van der Waals surface area contributed by atoms with Crippen LogP contribution in [0.5, 0.6) is 0 Å². The Morgan fingerprint density at radius 2 is 1.65 bits per heavy atom. The van der Waals surface area contributed by atoms with E-state index in [4.69, 9.17) is 0 Å². The molecular formula is C17H35N3. The topological polar surface area (TPSA) is 18.5 Å². The molecule has 0 aliphatic carbocycles. The minimum atomic E-state index is 0.822. The fraction of sp³-hybridized carbons (Fsp3) is 1.00. The Balaban J connectivity index is 1.52. The van der Waals surface area contributed by atoms with E-state index in [0.29, 0.717) is 0 Å². The number of rotatable bonds is 7. The van der Waals surface area contributed by atoms with Gasteiger partial charge in [-0.05, 0) is 70.7 Å². The molecule has 2 aliphatic rings. The highest BCUT2D eigenvalue weighted by Crippen LogP contribution is 2.20. The molecule has 0 aromatic carbocycles. The van der Waals surface area contributed by atoms with Crippen molar-refractivity contribution in [2.75, 3.05) is 45.8 Å². The van der Waals surface area contributed by atoms with Crippen molar-refractivity contribution in [1.29, 1.82) is 0 Å². The summed E-state index contributed by atoms with van der Waals surface area (Å²) >= 11 is 0. The largest absolute Gasteiger partial charge is 0.315 e. The van der Waals surface area contributed by atoms with Gasteiger partial charge in [0.15, 0.2) is 0 Å². The third-order valence-electron chi connectivity index (χ3n) is 4.97. The maximum absolute atomic E-state index is 3.59. The summed E-state index contributed by atoms with van der Waals surface area (Å²) in [6.45, 7) is 13.5. The molecule has 2 fully saturated rings. The molecule has 0 amide bonds. The second-order valence-electron chi connectivity index (χ2n) is 7.10. The van der Waals surface area contributed by atoms with E-state index >= 15 is 0 Å². The predicted octanol–water partition coefficient (Wildman–Crippen LogP) is 2.57. The van der Waals surface area contributed by atoms with E-state index in [2.05, 4.69) is 29.0 Å². The highest BCUT2D eigenvalue weighted by Gasteiger charge is 2.25. The van der Waals surface area contributed by atoms with Crippen LogP contribution in [0.2, 0.25) is 0 Å². The normalized spacial score (nSPS) is 23.6. The van der Waals surface area contributed by atoms with Crippen LogP contribution < -0.4 is 5.32 Å². The van der Waals surface area contributed by atoms with Crippen LogP contribution in [0.1, 0.15) is 52.4 Å². The first-order chi connectivity index (χ1) is 9.75. The highest BCUT2D eigenvalue weighted by atomic mass is 15.2. The van der Waals surface area contributed by atoms with Crippen LogP contribution in [0, 0.1) is 5.92 Å². The van der Waals surface area contributed by atoms with E-state index in [1.54, 1.807) is 0 Å². The van der Waals surface area contributed by atoms with Crippen molar-refractivity contribution < 1.29 is 0 Å². The number of piperidine rings is 2. The molecule has 3 heteroatoms. The SMILES string of the molecule is CC(C)CCNCCN1CCC(N2CCCCC2)CC1. The molecule has 2 saturated heterocycles. The lowest BCUT2D eigenvalue weighted by Crippen LogP contribution is -2.47. The minimum Gasteiger partial charge on any atom is -0.315 e. The van der Waals surface area contributed by atoms with E-state index in [-0.39, 0.29) is 0 Å². The highest BCUT2D eigenvalue weighted by molar-refractivity contribution is 4.81. The van der Waals surface area contributed by atoms with Crippen LogP contribution in [0.25, 0.3) is 0 Å². The van der Waals surface area contributed by atoms with Gasteiger partial charge in [0.25, 0.3) is 0 Å². The molecule has 0 unspecified atom stereocenters. The number of nitrogens with one attached hydrogen (secondary N) is 1. The van der Waals surface area contributed by atoms with Gasteiger partial charge in [0.2, 0.25) is 0 Å². The van der Waals surface area contributed by atoms with Crippen molar-refractivity contribution in [2.45, 2.75) is 58.4 Å². The van der Waals surface area contributed by atoms with Gasteiger partial charge in [-0.25, -0.2) is 0 Å². The average molecular weight is 281 g/mol. The molecule has 0 radical (unpaired) electrons. The summed E-state index contributed by atoms with van der Waals surface area (Å²) in [5.41, 5.74) is 0. The van der Waals surface area contributed by atoms with Gasteiger partial charge in [0.05, 0.1) is 0 Å². The smallest absolute Gasteiger partial charge is 0.0120 e. The molecule has 0 bridgehead atoms.